The average molecular weight is 242 g/mol. The predicted molar refractivity (Wildman–Crippen MR) is 54.6 cm³/mol. The van der Waals surface area contributed by atoms with Crippen molar-refractivity contribution in [2.24, 2.45) is 0 Å². The maximum absolute atomic E-state index is 13.5. The van der Waals surface area contributed by atoms with Crippen molar-refractivity contribution in [2.45, 2.75) is 6.54 Å². The second-order valence-electron chi connectivity index (χ2n) is 3.40. The summed E-state index contributed by atoms with van der Waals surface area (Å²) < 4.78 is 44.7. The lowest BCUT2D eigenvalue weighted by Gasteiger charge is -2.04. The molecule has 0 saturated carbocycles. The Morgan fingerprint density at radius 1 is 1.24 bits per heavy atom. The van der Waals surface area contributed by atoms with E-state index in [9.17, 15) is 13.2 Å². The summed E-state index contributed by atoms with van der Waals surface area (Å²) in [4.78, 5) is 3.83. The highest BCUT2D eigenvalue weighted by atomic mass is 19.1. The van der Waals surface area contributed by atoms with Gasteiger partial charge in [0.05, 0.1) is 5.56 Å². The van der Waals surface area contributed by atoms with Gasteiger partial charge in [-0.05, 0) is 7.05 Å². The van der Waals surface area contributed by atoms with Crippen LogP contribution >= 0.6 is 0 Å². The zero-order valence-corrected chi connectivity index (χ0v) is 8.93. The fourth-order valence-electron chi connectivity index (χ4n) is 1.53. The highest BCUT2D eigenvalue weighted by Crippen LogP contribution is 2.29. The molecule has 6 heteroatoms. The molecule has 3 nitrogen and oxygen atoms in total. The standard InChI is InChI=1S/C11H9F3N2O/c1-15-4-9-11(17-5-16-9)10-7(13)2-6(12)3-8(10)14/h2-3,5,15H,4H2,1H3. The molecule has 0 bridgehead atoms. The Labute approximate surface area is 95.3 Å². The van der Waals surface area contributed by atoms with E-state index in [4.69, 9.17) is 4.42 Å². The Hall–Kier alpha value is -1.82. The molecule has 1 aromatic heterocycles. The van der Waals surface area contributed by atoms with Crippen molar-refractivity contribution in [2.75, 3.05) is 7.05 Å². The Kier molecular flexibility index (Phi) is 3.14. The zero-order chi connectivity index (χ0) is 12.4. The summed E-state index contributed by atoms with van der Waals surface area (Å²) in [6, 6.07) is 1.20. The zero-order valence-electron chi connectivity index (χ0n) is 8.93. The first kappa shape index (κ1) is 11.7. The van der Waals surface area contributed by atoms with Gasteiger partial charge < -0.3 is 9.73 Å². The second-order valence-corrected chi connectivity index (χ2v) is 3.40. The highest BCUT2D eigenvalue weighted by Gasteiger charge is 2.20. The van der Waals surface area contributed by atoms with Gasteiger partial charge in [0.2, 0.25) is 0 Å². The molecule has 1 aromatic carbocycles. The third kappa shape index (κ3) is 2.16. The van der Waals surface area contributed by atoms with Gasteiger partial charge in [0, 0.05) is 18.7 Å². The van der Waals surface area contributed by atoms with Crippen molar-refractivity contribution in [3.63, 3.8) is 0 Å². The summed E-state index contributed by atoms with van der Waals surface area (Å²) >= 11 is 0. The number of rotatable bonds is 3. The van der Waals surface area contributed by atoms with Crippen LogP contribution in [0.1, 0.15) is 5.69 Å². The van der Waals surface area contributed by atoms with Crippen molar-refractivity contribution < 1.29 is 17.6 Å². The van der Waals surface area contributed by atoms with Gasteiger partial charge in [-0.1, -0.05) is 0 Å². The van der Waals surface area contributed by atoms with E-state index in [0.29, 0.717) is 24.4 Å². The third-order valence-corrected chi connectivity index (χ3v) is 2.22. The largest absolute Gasteiger partial charge is 0.443 e. The lowest BCUT2D eigenvalue weighted by atomic mass is 10.1. The average Bonchev–Trinajstić information content (AvgIpc) is 2.65. The Balaban J connectivity index is 2.56. The lowest BCUT2D eigenvalue weighted by molar-refractivity contribution is 0.525. The van der Waals surface area contributed by atoms with E-state index >= 15 is 0 Å². The van der Waals surface area contributed by atoms with Crippen molar-refractivity contribution in [1.29, 1.82) is 0 Å². The maximum atomic E-state index is 13.5. The molecule has 0 aliphatic rings. The molecule has 17 heavy (non-hydrogen) atoms. The topological polar surface area (TPSA) is 38.1 Å². The first-order valence-corrected chi connectivity index (χ1v) is 4.85. The molecule has 0 aliphatic carbocycles. The molecule has 0 atom stereocenters. The SMILES string of the molecule is CNCc1ncoc1-c1c(F)cc(F)cc1F. The first-order chi connectivity index (χ1) is 8.13. The van der Waals surface area contributed by atoms with Crippen molar-refractivity contribution >= 4 is 0 Å². The molecular formula is C11H9F3N2O. The summed E-state index contributed by atoms with van der Waals surface area (Å²) in [6.07, 6.45) is 1.09. The quantitative estimate of drug-likeness (QED) is 0.898. The van der Waals surface area contributed by atoms with E-state index in [1.807, 2.05) is 0 Å². The monoisotopic (exact) mass is 242 g/mol. The van der Waals surface area contributed by atoms with Gasteiger partial charge in [0.1, 0.15) is 23.1 Å². The van der Waals surface area contributed by atoms with Crippen LogP contribution in [0.25, 0.3) is 11.3 Å². The normalized spacial score (nSPS) is 10.8. The van der Waals surface area contributed by atoms with Gasteiger partial charge in [-0.15, -0.1) is 0 Å². The van der Waals surface area contributed by atoms with Crippen molar-refractivity contribution in [3.05, 3.63) is 41.7 Å². The highest BCUT2D eigenvalue weighted by molar-refractivity contribution is 5.61. The number of oxazole rings is 1. The summed E-state index contributed by atoms with van der Waals surface area (Å²) in [5.41, 5.74) is -0.0499. The molecule has 1 heterocycles. The van der Waals surface area contributed by atoms with Gasteiger partial charge in [-0.3, -0.25) is 0 Å². The lowest BCUT2D eigenvalue weighted by Crippen LogP contribution is -2.07. The summed E-state index contributed by atoms with van der Waals surface area (Å²) in [5, 5.41) is 2.79. The van der Waals surface area contributed by atoms with Crippen LogP contribution < -0.4 is 5.32 Å². The minimum Gasteiger partial charge on any atom is -0.443 e. The molecule has 0 aliphatic heterocycles. The molecule has 0 unspecified atom stereocenters. The van der Waals surface area contributed by atoms with Crippen LogP contribution in [0.3, 0.4) is 0 Å². The summed E-state index contributed by atoms with van der Waals surface area (Å²) in [5.74, 6) is -3.04. The molecule has 0 amide bonds. The molecule has 0 saturated heterocycles. The Bertz CT molecular complexity index is 516. The van der Waals surface area contributed by atoms with E-state index in [1.54, 1.807) is 7.05 Å². The molecular weight excluding hydrogens is 233 g/mol. The van der Waals surface area contributed by atoms with Crippen LogP contribution in [0.15, 0.2) is 22.9 Å². The number of hydrogen-bond acceptors (Lipinski definition) is 3. The van der Waals surface area contributed by atoms with Crippen LogP contribution in [0.5, 0.6) is 0 Å². The summed E-state index contributed by atoms with van der Waals surface area (Å²) in [7, 11) is 1.66. The van der Waals surface area contributed by atoms with Crippen LogP contribution in [-0.2, 0) is 6.54 Å². The van der Waals surface area contributed by atoms with E-state index in [2.05, 4.69) is 10.3 Å². The maximum Gasteiger partial charge on any atom is 0.181 e. The van der Waals surface area contributed by atoms with Crippen LogP contribution in [-0.4, -0.2) is 12.0 Å². The third-order valence-electron chi connectivity index (χ3n) is 2.22. The van der Waals surface area contributed by atoms with Gasteiger partial charge in [0.15, 0.2) is 12.2 Å². The molecule has 0 radical (unpaired) electrons. The molecule has 2 rings (SSSR count). The van der Waals surface area contributed by atoms with Crippen LogP contribution in [0, 0.1) is 17.5 Å². The van der Waals surface area contributed by atoms with Gasteiger partial charge in [0.25, 0.3) is 0 Å². The molecule has 0 fully saturated rings. The second kappa shape index (κ2) is 4.58. The number of hydrogen-bond donors (Lipinski definition) is 1. The fourth-order valence-corrected chi connectivity index (χ4v) is 1.53. The fraction of sp³-hybridized carbons (Fsp3) is 0.182. The van der Waals surface area contributed by atoms with Gasteiger partial charge in [-0.25, -0.2) is 18.2 Å². The van der Waals surface area contributed by atoms with Gasteiger partial charge >= 0.3 is 0 Å². The van der Waals surface area contributed by atoms with Crippen molar-refractivity contribution in [1.82, 2.24) is 10.3 Å². The van der Waals surface area contributed by atoms with E-state index in [0.717, 1.165) is 6.39 Å². The smallest absolute Gasteiger partial charge is 0.181 e. The molecule has 2 aromatic rings. The summed E-state index contributed by atoms with van der Waals surface area (Å²) in [6.45, 7) is 0.294. The minimum absolute atomic E-state index is 0.0330. The molecule has 90 valence electrons. The van der Waals surface area contributed by atoms with Crippen molar-refractivity contribution in [3.8, 4) is 11.3 Å². The van der Waals surface area contributed by atoms with Crippen LogP contribution in [0.2, 0.25) is 0 Å². The first-order valence-electron chi connectivity index (χ1n) is 4.85. The Morgan fingerprint density at radius 2 is 1.88 bits per heavy atom. The van der Waals surface area contributed by atoms with Gasteiger partial charge in [-0.2, -0.15) is 0 Å². The number of halogens is 3. The van der Waals surface area contributed by atoms with E-state index in [-0.39, 0.29) is 5.76 Å². The molecule has 1 N–H and O–H groups in total. The molecule has 0 spiro atoms. The number of nitrogens with zero attached hydrogens (tertiary/aromatic N) is 1. The van der Waals surface area contributed by atoms with E-state index < -0.39 is 23.0 Å². The number of nitrogens with one attached hydrogen (secondary N) is 1. The Morgan fingerprint density at radius 3 is 2.47 bits per heavy atom. The van der Waals surface area contributed by atoms with E-state index in [1.165, 1.54) is 0 Å². The number of aromatic nitrogens is 1. The minimum atomic E-state index is -1.02. The van der Waals surface area contributed by atoms with Crippen LogP contribution in [0.4, 0.5) is 13.2 Å². The predicted octanol–water partition coefficient (Wildman–Crippen LogP) is 2.48. The number of benzene rings is 1.